The van der Waals surface area contributed by atoms with E-state index in [0.29, 0.717) is 5.75 Å². The molecule has 2 heterocycles. The fraction of sp³-hybridized carbons (Fsp3) is 0.647. The van der Waals surface area contributed by atoms with E-state index < -0.39 is 0 Å². The van der Waals surface area contributed by atoms with Crippen LogP contribution in [0.2, 0.25) is 0 Å². The van der Waals surface area contributed by atoms with E-state index in [0.717, 1.165) is 31.2 Å². The first-order valence-electron chi connectivity index (χ1n) is 8.06. The Morgan fingerprint density at radius 3 is 2.35 bits per heavy atom. The zero-order valence-corrected chi connectivity index (χ0v) is 12.3. The smallest absolute Gasteiger partial charge is 0.120 e. The largest absolute Gasteiger partial charge is 0.508 e. The van der Waals surface area contributed by atoms with E-state index in [1.54, 1.807) is 6.07 Å². The summed E-state index contributed by atoms with van der Waals surface area (Å²) in [6.07, 6.45) is 6.76. The van der Waals surface area contributed by atoms with E-state index in [9.17, 15) is 5.11 Å². The van der Waals surface area contributed by atoms with Crippen molar-refractivity contribution in [3.05, 3.63) is 29.8 Å². The lowest BCUT2D eigenvalue weighted by molar-refractivity contribution is 0.0893. The van der Waals surface area contributed by atoms with Crippen LogP contribution in [0.4, 0.5) is 0 Å². The van der Waals surface area contributed by atoms with Crippen LogP contribution in [0.25, 0.3) is 0 Å². The first-order valence-corrected chi connectivity index (χ1v) is 8.06. The van der Waals surface area contributed by atoms with Gasteiger partial charge >= 0.3 is 0 Å². The highest BCUT2D eigenvalue weighted by Gasteiger charge is 2.25. The van der Waals surface area contributed by atoms with E-state index in [4.69, 9.17) is 0 Å². The first-order chi connectivity index (χ1) is 9.83. The summed E-state index contributed by atoms with van der Waals surface area (Å²) in [5, 5.41) is 9.86. The van der Waals surface area contributed by atoms with Crippen LogP contribution in [-0.2, 0) is 6.54 Å². The highest BCUT2D eigenvalue weighted by atomic mass is 16.3. The molecule has 0 radical (unpaired) electrons. The number of benzene rings is 1. The number of likely N-dealkylation sites (tertiary alicyclic amines) is 2. The van der Waals surface area contributed by atoms with Crippen LogP contribution in [0.1, 0.15) is 37.7 Å². The van der Waals surface area contributed by atoms with Crippen LogP contribution < -0.4 is 0 Å². The maximum atomic E-state index is 9.86. The van der Waals surface area contributed by atoms with Gasteiger partial charge in [0.15, 0.2) is 0 Å². The molecule has 0 unspecified atom stereocenters. The van der Waals surface area contributed by atoms with Gasteiger partial charge in [-0.3, -0.25) is 4.90 Å². The van der Waals surface area contributed by atoms with Crippen molar-refractivity contribution in [3.8, 4) is 5.75 Å². The summed E-state index contributed by atoms with van der Waals surface area (Å²) in [6.45, 7) is 5.83. The molecule has 1 N–H and O–H groups in total. The van der Waals surface area contributed by atoms with Crippen LogP contribution in [0.3, 0.4) is 0 Å². The second-order valence-electron chi connectivity index (χ2n) is 6.23. The molecule has 0 atom stereocenters. The second kappa shape index (κ2) is 6.59. The molecule has 0 amide bonds. The van der Waals surface area contributed by atoms with Gasteiger partial charge in [-0.05, 0) is 57.9 Å². The third-order valence-corrected chi connectivity index (χ3v) is 4.85. The molecule has 0 aromatic heterocycles. The van der Waals surface area contributed by atoms with E-state index in [1.807, 2.05) is 18.2 Å². The monoisotopic (exact) mass is 274 g/mol. The summed E-state index contributed by atoms with van der Waals surface area (Å²) in [4.78, 5) is 5.19. The number of para-hydroxylation sites is 1. The lowest BCUT2D eigenvalue weighted by Gasteiger charge is -2.40. The lowest BCUT2D eigenvalue weighted by Crippen LogP contribution is -2.46. The Morgan fingerprint density at radius 2 is 1.65 bits per heavy atom. The second-order valence-corrected chi connectivity index (χ2v) is 6.23. The van der Waals surface area contributed by atoms with Gasteiger partial charge < -0.3 is 10.0 Å². The van der Waals surface area contributed by atoms with Crippen molar-refractivity contribution in [2.75, 3.05) is 26.2 Å². The molecule has 0 saturated carbocycles. The normalized spacial score (nSPS) is 23.0. The Labute approximate surface area is 122 Å². The molecule has 3 nitrogen and oxygen atoms in total. The minimum absolute atomic E-state index is 0.436. The van der Waals surface area contributed by atoms with Crippen molar-refractivity contribution >= 4 is 0 Å². The number of hydrogen-bond donors (Lipinski definition) is 1. The number of aromatic hydroxyl groups is 1. The van der Waals surface area contributed by atoms with Crippen molar-refractivity contribution in [3.63, 3.8) is 0 Å². The van der Waals surface area contributed by atoms with Gasteiger partial charge in [-0.2, -0.15) is 0 Å². The van der Waals surface area contributed by atoms with Crippen LogP contribution in [0.15, 0.2) is 24.3 Å². The summed E-state index contributed by atoms with van der Waals surface area (Å²) in [7, 11) is 0. The van der Waals surface area contributed by atoms with Crippen molar-refractivity contribution in [2.24, 2.45) is 0 Å². The van der Waals surface area contributed by atoms with E-state index in [2.05, 4.69) is 9.80 Å². The Kier molecular flexibility index (Phi) is 4.58. The third-order valence-electron chi connectivity index (χ3n) is 4.85. The zero-order chi connectivity index (χ0) is 13.8. The van der Waals surface area contributed by atoms with Gasteiger partial charge in [-0.15, -0.1) is 0 Å². The van der Waals surface area contributed by atoms with Gasteiger partial charge in [0, 0.05) is 18.2 Å². The number of hydrogen-bond acceptors (Lipinski definition) is 3. The zero-order valence-electron chi connectivity index (χ0n) is 12.3. The molecule has 110 valence electrons. The predicted molar refractivity (Wildman–Crippen MR) is 81.8 cm³/mol. The minimum Gasteiger partial charge on any atom is -0.508 e. The van der Waals surface area contributed by atoms with Gasteiger partial charge in [-0.1, -0.05) is 24.6 Å². The van der Waals surface area contributed by atoms with Gasteiger partial charge in [0.2, 0.25) is 0 Å². The van der Waals surface area contributed by atoms with Gasteiger partial charge in [-0.25, -0.2) is 0 Å². The maximum Gasteiger partial charge on any atom is 0.120 e. The van der Waals surface area contributed by atoms with E-state index in [-0.39, 0.29) is 0 Å². The fourth-order valence-corrected chi connectivity index (χ4v) is 3.61. The van der Waals surface area contributed by atoms with Gasteiger partial charge in [0.1, 0.15) is 5.75 Å². The molecule has 1 aromatic rings. The van der Waals surface area contributed by atoms with Crippen molar-refractivity contribution in [1.29, 1.82) is 0 Å². The van der Waals surface area contributed by atoms with Crippen molar-refractivity contribution in [2.45, 2.75) is 44.7 Å². The van der Waals surface area contributed by atoms with Crippen LogP contribution in [0, 0.1) is 0 Å². The molecule has 2 fully saturated rings. The summed E-state index contributed by atoms with van der Waals surface area (Å²) in [5.41, 5.74) is 1.06. The highest BCUT2D eigenvalue weighted by molar-refractivity contribution is 5.31. The molecule has 2 aliphatic heterocycles. The van der Waals surface area contributed by atoms with Gasteiger partial charge in [0.25, 0.3) is 0 Å². The van der Waals surface area contributed by atoms with Crippen LogP contribution in [0.5, 0.6) is 5.75 Å². The molecule has 1 aromatic carbocycles. The van der Waals surface area contributed by atoms with E-state index >= 15 is 0 Å². The summed E-state index contributed by atoms with van der Waals surface area (Å²) in [5.74, 6) is 0.436. The summed E-state index contributed by atoms with van der Waals surface area (Å²) < 4.78 is 0. The maximum absolute atomic E-state index is 9.86. The third kappa shape index (κ3) is 3.33. The topological polar surface area (TPSA) is 26.7 Å². The van der Waals surface area contributed by atoms with Gasteiger partial charge in [0.05, 0.1) is 0 Å². The Balaban J connectivity index is 1.50. The number of rotatable bonds is 3. The molecule has 3 heteroatoms. The Hall–Kier alpha value is -1.06. The molecular formula is C17H26N2O. The molecular weight excluding hydrogens is 248 g/mol. The molecule has 0 aliphatic carbocycles. The molecule has 0 bridgehead atoms. The summed E-state index contributed by atoms with van der Waals surface area (Å²) >= 11 is 0. The van der Waals surface area contributed by atoms with Crippen molar-refractivity contribution < 1.29 is 5.11 Å². The number of nitrogens with zero attached hydrogens (tertiary/aromatic N) is 2. The Bertz CT molecular complexity index is 421. The fourth-order valence-electron chi connectivity index (χ4n) is 3.61. The highest BCUT2D eigenvalue weighted by Crippen LogP contribution is 2.24. The predicted octanol–water partition coefficient (Wildman–Crippen LogP) is 2.84. The lowest BCUT2D eigenvalue weighted by atomic mass is 9.99. The molecule has 2 saturated heterocycles. The van der Waals surface area contributed by atoms with Crippen LogP contribution >= 0.6 is 0 Å². The Morgan fingerprint density at radius 1 is 0.950 bits per heavy atom. The molecule has 2 aliphatic rings. The average molecular weight is 274 g/mol. The standard InChI is InChI=1S/C17H26N2O/c20-17-7-3-2-6-15(17)14-18-12-8-16(9-13-18)19-10-4-1-5-11-19/h2-3,6-7,16,20H,1,4-5,8-14H2. The van der Waals surface area contributed by atoms with Crippen LogP contribution in [-0.4, -0.2) is 47.1 Å². The average Bonchev–Trinajstić information content (AvgIpc) is 2.51. The number of piperidine rings is 2. The first kappa shape index (κ1) is 13.9. The molecule has 0 spiro atoms. The number of phenols is 1. The van der Waals surface area contributed by atoms with E-state index in [1.165, 1.54) is 45.2 Å². The SMILES string of the molecule is Oc1ccccc1CN1CCC(N2CCCCC2)CC1. The molecule has 20 heavy (non-hydrogen) atoms. The minimum atomic E-state index is 0.436. The number of phenolic OH excluding ortho intramolecular Hbond substituents is 1. The summed E-state index contributed by atoms with van der Waals surface area (Å²) in [6, 6.07) is 8.52. The quantitative estimate of drug-likeness (QED) is 0.918. The molecule has 3 rings (SSSR count). The van der Waals surface area contributed by atoms with Crippen molar-refractivity contribution in [1.82, 2.24) is 9.80 Å².